The number of halogens is 1. The Hall–Kier alpha value is -2.57. The normalized spacial score (nSPS) is 10.3. The molecule has 0 saturated heterocycles. The van der Waals surface area contributed by atoms with Crippen molar-refractivity contribution in [2.24, 2.45) is 0 Å². The van der Waals surface area contributed by atoms with Gasteiger partial charge in [0.2, 0.25) is 0 Å². The molecule has 0 aliphatic heterocycles. The summed E-state index contributed by atoms with van der Waals surface area (Å²) >= 11 is 0. The largest absolute Gasteiger partial charge is 0.496 e. The molecule has 1 heterocycles. The Morgan fingerprint density at radius 3 is 2.72 bits per heavy atom. The molecule has 6 nitrogen and oxygen atoms in total. The van der Waals surface area contributed by atoms with E-state index < -0.39 is 22.9 Å². The van der Waals surface area contributed by atoms with Gasteiger partial charge >= 0.3 is 5.97 Å². The minimum absolute atomic E-state index is 0.0242. The molecule has 0 bridgehead atoms. The maximum Gasteiger partial charge on any atom is 0.343 e. The number of hydrogen-bond acceptors (Lipinski definition) is 3. The number of carbonyl (C=O) groups is 1. The first-order chi connectivity index (χ1) is 8.54. The third-order valence-corrected chi connectivity index (χ3v) is 2.42. The topological polar surface area (TPSA) is 95.2 Å². The summed E-state index contributed by atoms with van der Waals surface area (Å²) in [4.78, 5) is 22.3. The minimum atomic E-state index is -1.40. The average molecular weight is 252 g/mol. The van der Waals surface area contributed by atoms with Gasteiger partial charge in [0.05, 0.1) is 12.8 Å². The minimum Gasteiger partial charge on any atom is -0.496 e. The predicted octanol–water partition coefficient (Wildman–Crippen LogP) is 1.22. The van der Waals surface area contributed by atoms with Crippen LogP contribution in [0.2, 0.25) is 0 Å². The van der Waals surface area contributed by atoms with Gasteiger partial charge in [-0.25, -0.2) is 9.18 Å². The van der Waals surface area contributed by atoms with Crippen molar-refractivity contribution < 1.29 is 19.0 Å². The summed E-state index contributed by atoms with van der Waals surface area (Å²) in [5, 5.41) is 13.5. The van der Waals surface area contributed by atoms with E-state index in [9.17, 15) is 14.0 Å². The lowest BCUT2D eigenvalue weighted by molar-refractivity contribution is 0.0696. The lowest BCUT2D eigenvalue weighted by atomic mass is 10.1. The van der Waals surface area contributed by atoms with Crippen molar-refractivity contribution in [2.75, 3.05) is 7.11 Å². The first-order valence-electron chi connectivity index (χ1n) is 4.92. The van der Waals surface area contributed by atoms with Crippen LogP contribution < -0.4 is 10.3 Å². The number of benzene rings is 1. The predicted molar refractivity (Wildman–Crippen MR) is 60.3 cm³/mol. The average Bonchev–Trinajstić information content (AvgIpc) is 2.71. The molecule has 2 aromatic rings. The van der Waals surface area contributed by atoms with Crippen molar-refractivity contribution in [2.45, 2.75) is 0 Å². The van der Waals surface area contributed by atoms with Gasteiger partial charge in [0.1, 0.15) is 11.6 Å². The van der Waals surface area contributed by atoms with E-state index in [0.717, 1.165) is 6.07 Å². The van der Waals surface area contributed by atoms with Gasteiger partial charge < -0.3 is 9.84 Å². The molecule has 0 aliphatic carbocycles. The summed E-state index contributed by atoms with van der Waals surface area (Å²) in [6, 6.07) is 3.61. The van der Waals surface area contributed by atoms with Gasteiger partial charge in [-0.2, -0.15) is 0 Å². The first kappa shape index (κ1) is 11.9. The molecular weight excluding hydrogens is 243 g/mol. The summed E-state index contributed by atoms with van der Waals surface area (Å²) in [5.74, 6) is -1.71. The van der Waals surface area contributed by atoms with Crippen LogP contribution in [0, 0.1) is 5.82 Å². The Morgan fingerprint density at radius 1 is 1.39 bits per heavy atom. The second-order valence-electron chi connectivity index (χ2n) is 3.48. The van der Waals surface area contributed by atoms with Crippen LogP contribution >= 0.6 is 0 Å². The number of ether oxygens (including phenoxy) is 1. The van der Waals surface area contributed by atoms with Crippen LogP contribution in [0.5, 0.6) is 5.75 Å². The molecule has 0 atom stereocenters. The van der Waals surface area contributed by atoms with Crippen molar-refractivity contribution >= 4 is 5.97 Å². The number of rotatable bonds is 3. The van der Waals surface area contributed by atoms with Gasteiger partial charge in [0, 0.05) is 5.56 Å². The standard InChI is InChI=1S/C11H9FN2O4/c1-18-7-3-2-5(12)4-6(7)9-8(11(16)17)10(15)14-13-9/h2-4H,1H3,(H,16,17)(H2,13,14,15). The van der Waals surface area contributed by atoms with Crippen LogP contribution in [0.15, 0.2) is 23.0 Å². The summed E-state index contributed by atoms with van der Waals surface area (Å²) in [6.07, 6.45) is 0. The molecule has 0 saturated carbocycles. The van der Waals surface area contributed by atoms with E-state index in [0.29, 0.717) is 0 Å². The van der Waals surface area contributed by atoms with Crippen molar-refractivity contribution in [1.29, 1.82) is 0 Å². The summed E-state index contributed by atoms with van der Waals surface area (Å²) in [7, 11) is 1.36. The molecule has 0 fully saturated rings. The SMILES string of the molecule is COc1ccc(F)cc1-c1[nH][nH]c(=O)c1C(=O)O. The monoisotopic (exact) mass is 252 g/mol. The molecule has 1 aromatic carbocycles. The number of carboxylic acids is 1. The lowest BCUT2D eigenvalue weighted by Crippen LogP contribution is -2.12. The summed E-state index contributed by atoms with van der Waals surface area (Å²) in [5.41, 5.74) is -1.14. The van der Waals surface area contributed by atoms with Crippen LogP contribution in [-0.2, 0) is 0 Å². The van der Waals surface area contributed by atoms with Gasteiger partial charge in [-0.15, -0.1) is 0 Å². The van der Waals surface area contributed by atoms with E-state index in [-0.39, 0.29) is 17.0 Å². The van der Waals surface area contributed by atoms with E-state index in [4.69, 9.17) is 9.84 Å². The smallest absolute Gasteiger partial charge is 0.343 e. The fraction of sp³-hybridized carbons (Fsp3) is 0.0909. The van der Waals surface area contributed by atoms with E-state index >= 15 is 0 Å². The fourth-order valence-corrected chi connectivity index (χ4v) is 1.64. The maximum atomic E-state index is 13.2. The second-order valence-corrected chi connectivity index (χ2v) is 3.48. The molecule has 0 aliphatic rings. The highest BCUT2D eigenvalue weighted by atomic mass is 19.1. The maximum absolute atomic E-state index is 13.2. The number of H-pyrrole nitrogens is 2. The third-order valence-electron chi connectivity index (χ3n) is 2.42. The molecule has 18 heavy (non-hydrogen) atoms. The summed E-state index contributed by atoms with van der Waals surface area (Å²) in [6.45, 7) is 0. The number of aromatic amines is 2. The van der Waals surface area contributed by atoms with Crippen LogP contribution in [0.25, 0.3) is 11.3 Å². The van der Waals surface area contributed by atoms with E-state index in [1.165, 1.54) is 19.2 Å². The molecule has 2 rings (SSSR count). The number of aromatic nitrogens is 2. The Balaban J connectivity index is 2.73. The number of methoxy groups -OCH3 is 1. The van der Waals surface area contributed by atoms with Crippen LogP contribution in [0.4, 0.5) is 4.39 Å². The molecule has 0 radical (unpaired) electrons. The molecule has 0 spiro atoms. The Kier molecular flexibility index (Phi) is 2.88. The van der Waals surface area contributed by atoms with Crippen LogP contribution in [0.3, 0.4) is 0 Å². The van der Waals surface area contributed by atoms with Crippen molar-refractivity contribution in [3.8, 4) is 17.0 Å². The third kappa shape index (κ3) is 1.86. The fourth-order valence-electron chi connectivity index (χ4n) is 1.64. The van der Waals surface area contributed by atoms with Crippen molar-refractivity contribution in [3.05, 3.63) is 39.9 Å². The van der Waals surface area contributed by atoms with Crippen LogP contribution in [0.1, 0.15) is 10.4 Å². The highest BCUT2D eigenvalue weighted by Gasteiger charge is 2.21. The van der Waals surface area contributed by atoms with E-state index in [1.807, 2.05) is 0 Å². The Morgan fingerprint density at radius 2 is 2.11 bits per heavy atom. The molecule has 3 N–H and O–H groups in total. The van der Waals surface area contributed by atoms with Gasteiger partial charge in [-0.05, 0) is 18.2 Å². The van der Waals surface area contributed by atoms with E-state index in [1.54, 1.807) is 0 Å². The number of aromatic carboxylic acids is 1. The zero-order valence-corrected chi connectivity index (χ0v) is 9.28. The Labute approximate surface area is 100 Å². The molecule has 0 amide bonds. The van der Waals surface area contributed by atoms with Crippen LogP contribution in [-0.4, -0.2) is 28.4 Å². The van der Waals surface area contributed by atoms with Gasteiger partial charge in [-0.3, -0.25) is 15.0 Å². The van der Waals surface area contributed by atoms with Gasteiger partial charge in [0.15, 0.2) is 5.56 Å². The Bertz CT molecular complexity index is 659. The lowest BCUT2D eigenvalue weighted by Gasteiger charge is -2.07. The van der Waals surface area contributed by atoms with Crippen molar-refractivity contribution in [1.82, 2.24) is 10.2 Å². The highest BCUT2D eigenvalue weighted by molar-refractivity contribution is 5.95. The zero-order valence-electron chi connectivity index (χ0n) is 9.28. The molecule has 7 heteroatoms. The number of nitrogens with one attached hydrogen (secondary N) is 2. The molecule has 0 unspecified atom stereocenters. The number of carboxylic acid groups (broad SMARTS) is 1. The molecule has 94 valence electrons. The summed E-state index contributed by atoms with van der Waals surface area (Å²) < 4.78 is 18.2. The molecule has 1 aromatic heterocycles. The highest BCUT2D eigenvalue weighted by Crippen LogP contribution is 2.30. The first-order valence-corrected chi connectivity index (χ1v) is 4.92. The second kappa shape index (κ2) is 4.36. The van der Waals surface area contributed by atoms with Gasteiger partial charge in [-0.1, -0.05) is 0 Å². The number of hydrogen-bond donors (Lipinski definition) is 3. The van der Waals surface area contributed by atoms with Gasteiger partial charge in [0.25, 0.3) is 5.56 Å². The quantitative estimate of drug-likeness (QED) is 0.765. The van der Waals surface area contributed by atoms with E-state index in [2.05, 4.69) is 10.2 Å². The zero-order chi connectivity index (χ0) is 13.3. The van der Waals surface area contributed by atoms with Crippen molar-refractivity contribution in [3.63, 3.8) is 0 Å². The molecular formula is C11H9FN2O4.